The second kappa shape index (κ2) is 11.2. The second-order valence-electron chi connectivity index (χ2n) is 9.25. The highest BCUT2D eigenvalue weighted by atomic mass is 32.1. The molecule has 3 aromatic heterocycles. The minimum Gasteiger partial charge on any atom is -0.463 e. The van der Waals surface area contributed by atoms with E-state index in [4.69, 9.17) is 9.47 Å². The van der Waals surface area contributed by atoms with Crippen molar-refractivity contribution in [2.24, 2.45) is 4.99 Å². The summed E-state index contributed by atoms with van der Waals surface area (Å²) in [6, 6.07) is 12.5. The summed E-state index contributed by atoms with van der Waals surface area (Å²) in [6.45, 7) is 9.87. The number of ether oxygens (including phenoxy) is 2. The van der Waals surface area contributed by atoms with E-state index < -0.39 is 12.0 Å². The molecule has 10 heteroatoms. The summed E-state index contributed by atoms with van der Waals surface area (Å²) in [5.41, 5.74) is 4.94. The minimum absolute atomic E-state index is 0.208. The molecule has 4 aromatic rings. The Kier molecular flexibility index (Phi) is 7.73. The third-order valence-electron chi connectivity index (χ3n) is 6.72. The van der Waals surface area contributed by atoms with E-state index in [9.17, 15) is 14.4 Å². The normalized spacial score (nSPS) is 15.1. The van der Waals surface area contributed by atoms with Gasteiger partial charge in [-0.1, -0.05) is 17.4 Å². The fraction of sp³-hybridized carbons (Fsp3) is 0.267. The lowest BCUT2D eigenvalue weighted by Crippen LogP contribution is -2.39. The molecule has 0 radical (unpaired) electrons. The maximum atomic E-state index is 13.8. The van der Waals surface area contributed by atoms with E-state index in [0.717, 1.165) is 27.5 Å². The molecule has 1 aliphatic rings. The third kappa shape index (κ3) is 4.89. The molecule has 0 amide bonds. The Morgan fingerprint density at radius 3 is 2.38 bits per heavy atom. The van der Waals surface area contributed by atoms with Crippen LogP contribution in [0.15, 0.2) is 68.9 Å². The number of aryl methyl sites for hydroxylation is 1. The van der Waals surface area contributed by atoms with E-state index in [1.807, 2.05) is 55.6 Å². The molecular weight excluding hydrogens is 546 g/mol. The summed E-state index contributed by atoms with van der Waals surface area (Å²) in [7, 11) is 0. The summed E-state index contributed by atoms with van der Waals surface area (Å²) in [6.07, 6.45) is 1.88. The molecule has 206 valence electrons. The Morgan fingerprint density at radius 1 is 1.02 bits per heavy atom. The van der Waals surface area contributed by atoms with Crippen LogP contribution in [0.4, 0.5) is 0 Å². The van der Waals surface area contributed by atoms with Gasteiger partial charge in [0.1, 0.15) is 6.04 Å². The van der Waals surface area contributed by atoms with Gasteiger partial charge in [-0.2, -0.15) is 0 Å². The van der Waals surface area contributed by atoms with E-state index in [-0.39, 0.29) is 18.1 Å². The van der Waals surface area contributed by atoms with Gasteiger partial charge < -0.3 is 14.0 Å². The Bertz CT molecular complexity index is 1810. The van der Waals surface area contributed by atoms with Crippen molar-refractivity contribution in [1.82, 2.24) is 9.13 Å². The van der Waals surface area contributed by atoms with Crippen LogP contribution in [-0.2, 0) is 14.3 Å². The lowest BCUT2D eigenvalue weighted by Gasteiger charge is -2.23. The molecule has 1 aromatic carbocycles. The number of hydrogen-bond donors (Lipinski definition) is 0. The van der Waals surface area contributed by atoms with Crippen molar-refractivity contribution in [3.8, 4) is 5.69 Å². The lowest BCUT2D eigenvalue weighted by molar-refractivity contribution is -0.139. The van der Waals surface area contributed by atoms with Gasteiger partial charge in [-0.3, -0.25) is 9.36 Å². The van der Waals surface area contributed by atoms with Crippen molar-refractivity contribution in [2.45, 2.75) is 40.7 Å². The molecule has 0 bridgehead atoms. The number of esters is 2. The molecule has 8 nitrogen and oxygen atoms in total. The Labute approximate surface area is 239 Å². The molecule has 0 fully saturated rings. The van der Waals surface area contributed by atoms with Gasteiger partial charge in [0.25, 0.3) is 5.56 Å². The fourth-order valence-electron chi connectivity index (χ4n) is 4.94. The van der Waals surface area contributed by atoms with Crippen LogP contribution in [0.2, 0.25) is 0 Å². The lowest BCUT2D eigenvalue weighted by atomic mass is 10.0. The first-order valence-electron chi connectivity index (χ1n) is 12.9. The average molecular weight is 576 g/mol. The summed E-state index contributed by atoms with van der Waals surface area (Å²) in [5, 5.41) is 1.93. The quantitative estimate of drug-likeness (QED) is 0.304. The largest absolute Gasteiger partial charge is 0.463 e. The summed E-state index contributed by atoms with van der Waals surface area (Å²) >= 11 is 2.79. The van der Waals surface area contributed by atoms with Crippen LogP contribution in [0.1, 0.15) is 59.0 Å². The van der Waals surface area contributed by atoms with Crippen LogP contribution in [0, 0.1) is 13.8 Å². The zero-order valence-electron chi connectivity index (χ0n) is 22.9. The monoisotopic (exact) mass is 575 g/mol. The van der Waals surface area contributed by atoms with Crippen LogP contribution in [0.25, 0.3) is 11.8 Å². The van der Waals surface area contributed by atoms with E-state index in [2.05, 4.69) is 9.56 Å². The fourth-order valence-corrected chi connectivity index (χ4v) is 6.80. The third-order valence-corrected chi connectivity index (χ3v) is 8.63. The molecule has 0 N–H and O–H groups in total. The number of thiazole rings is 1. The van der Waals surface area contributed by atoms with Gasteiger partial charge in [-0.25, -0.2) is 14.6 Å². The highest BCUT2D eigenvalue weighted by Crippen LogP contribution is 2.33. The molecule has 1 atom stereocenters. The smallest absolute Gasteiger partial charge is 0.338 e. The number of allylic oxidation sites excluding steroid dienone is 1. The van der Waals surface area contributed by atoms with Crippen LogP contribution in [0.3, 0.4) is 0 Å². The first kappa shape index (κ1) is 27.5. The van der Waals surface area contributed by atoms with Crippen LogP contribution in [0.5, 0.6) is 0 Å². The maximum absolute atomic E-state index is 13.8. The van der Waals surface area contributed by atoms with Crippen molar-refractivity contribution in [3.05, 3.63) is 106 Å². The van der Waals surface area contributed by atoms with Crippen LogP contribution >= 0.6 is 22.7 Å². The zero-order valence-corrected chi connectivity index (χ0v) is 24.5. The van der Waals surface area contributed by atoms with E-state index in [0.29, 0.717) is 32.8 Å². The summed E-state index contributed by atoms with van der Waals surface area (Å²) < 4.78 is 14.6. The predicted octanol–water partition coefficient (Wildman–Crippen LogP) is 4.44. The molecule has 5 rings (SSSR count). The number of nitrogens with zero attached hydrogens (tertiary/aromatic N) is 3. The van der Waals surface area contributed by atoms with Gasteiger partial charge in [-0.05, 0) is 88.0 Å². The van der Waals surface area contributed by atoms with Gasteiger partial charge in [0.05, 0.1) is 34.6 Å². The van der Waals surface area contributed by atoms with Gasteiger partial charge in [-0.15, -0.1) is 11.3 Å². The number of aromatic nitrogens is 2. The molecule has 40 heavy (non-hydrogen) atoms. The zero-order chi connectivity index (χ0) is 28.6. The second-order valence-corrected chi connectivity index (χ2v) is 11.2. The van der Waals surface area contributed by atoms with Crippen LogP contribution in [-0.4, -0.2) is 34.3 Å². The number of carbonyl (C=O) groups excluding carboxylic acids is 2. The highest BCUT2D eigenvalue weighted by molar-refractivity contribution is 7.10. The molecule has 1 unspecified atom stereocenters. The molecule has 1 aliphatic heterocycles. The number of carbonyl (C=O) groups is 2. The number of thiophene rings is 1. The first-order chi connectivity index (χ1) is 19.2. The molecule has 0 saturated heterocycles. The van der Waals surface area contributed by atoms with Gasteiger partial charge in [0.2, 0.25) is 0 Å². The van der Waals surface area contributed by atoms with Crippen molar-refractivity contribution >= 4 is 40.7 Å². The molecule has 0 saturated carbocycles. The van der Waals surface area contributed by atoms with Gasteiger partial charge >= 0.3 is 11.9 Å². The maximum Gasteiger partial charge on any atom is 0.338 e. The first-order valence-corrected chi connectivity index (χ1v) is 14.6. The van der Waals surface area contributed by atoms with E-state index in [1.165, 1.54) is 22.7 Å². The number of fused-ring (bicyclic) bond motifs is 1. The number of hydrogen-bond acceptors (Lipinski definition) is 8. The van der Waals surface area contributed by atoms with E-state index >= 15 is 0 Å². The highest BCUT2D eigenvalue weighted by Gasteiger charge is 2.34. The average Bonchev–Trinajstić information content (AvgIpc) is 3.63. The topological polar surface area (TPSA) is 91.9 Å². The summed E-state index contributed by atoms with van der Waals surface area (Å²) in [4.78, 5) is 44.9. The number of rotatable bonds is 7. The van der Waals surface area contributed by atoms with Crippen molar-refractivity contribution in [1.29, 1.82) is 0 Å². The molecule has 0 spiro atoms. The SMILES string of the molecule is CCOC(=O)C1=C(C)N=c2s/c(=C\c3cc(C)n(-c4ccc(C(=O)OCC)cc4)c3C)c(=O)n2C1c1cccs1. The standard InChI is InChI=1S/C30H29N3O5S2/c1-6-37-28(35)20-10-12-22(13-11-20)32-17(3)15-21(19(32)5)16-24-27(34)33-26(23-9-8-14-39-23)25(29(36)38-7-2)18(4)31-30(33)40-24/h8-16,26H,6-7H2,1-5H3/b24-16-. The van der Waals surface area contributed by atoms with Gasteiger partial charge in [0.15, 0.2) is 4.80 Å². The number of benzene rings is 1. The van der Waals surface area contributed by atoms with E-state index in [1.54, 1.807) is 37.5 Å². The van der Waals surface area contributed by atoms with Crippen LogP contribution < -0.4 is 14.9 Å². The Morgan fingerprint density at radius 2 is 1.73 bits per heavy atom. The molecular formula is C30H29N3O5S2. The summed E-state index contributed by atoms with van der Waals surface area (Å²) in [5.74, 6) is -0.817. The molecule has 0 aliphatic carbocycles. The molecule has 4 heterocycles. The van der Waals surface area contributed by atoms with Crippen molar-refractivity contribution in [3.63, 3.8) is 0 Å². The minimum atomic E-state index is -0.595. The Hall–Kier alpha value is -4.02. The predicted molar refractivity (Wildman–Crippen MR) is 156 cm³/mol. The Balaban J connectivity index is 1.59. The van der Waals surface area contributed by atoms with Crippen molar-refractivity contribution in [2.75, 3.05) is 13.2 Å². The van der Waals surface area contributed by atoms with Gasteiger partial charge in [0, 0.05) is 22.0 Å². The van der Waals surface area contributed by atoms with Crippen molar-refractivity contribution < 1.29 is 19.1 Å².